The lowest BCUT2D eigenvalue weighted by Crippen LogP contribution is -2.47. The van der Waals surface area contributed by atoms with Gasteiger partial charge in [-0.2, -0.15) is 8.61 Å². The van der Waals surface area contributed by atoms with Crippen LogP contribution in [0.4, 0.5) is 0 Å². The van der Waals surface area contributed by atoms with E-state index in [0.29, 0.717) is 12.8 Å². The molecule has 0 amide bonds. The minimum Gasteiger partial charge on any atom is -0.481 e. The molecule has 0 aromatic heterocycles. The van der Waals surface area contributed by atoms with Crippen molar-refractivity contribution in [2.24, 2.45) is 17.8 Å². The molecule has 0 saturated carbocycles. The molecule has 2 fully saturated rings. The van der Waals surface area contributed by atoms with Crippen LogP contribution in [-0.4, -0.2) is 71.5 Å². The fraction of sp³-hybridized carbons (Fsp3) is 0.366. The summed E-state index contributed by atoms with van der Waals surface area (Å²) >= 11 is 1.45. The third kappa shape index (κ3) is 8.76. The maximum atomic E-state index is 13.4. The van der Waals surface area contributed by atoms with E-state index >= 15 is 0 Å². The Morgan fingerprint density at radius 2 is 1.22 bits per heavy atom. The topological polar surface area (TPSA) is 149 Å². The van der Waals surface area contributed by atoms with Crippen molar-refractivity contribution in [2.45, 2.75) is 85.5 Å². The van der Waals surface area contributed by atoms with Crippen LogP contribution in [0.15, 0.2) is 124 Å². The van der Waals surface area contributed by atoms with Crippen molar-refractivity contribution in [1.82, 2.24) is 8.61 Å². The van der Waals surface area contributed by atoms with Gasteiger partial charge in [0.15, 0.2) is 0 Å². The van der Waals surface area contributed by atoms with E-state index in [2.05, 4.69) is 0 Å². The van der Waals surface area contributed by atoms with E-state index < -0.39 is 55.9 Å². The number of hydrogen-bond donors (Lipinski definition) is 2. The quantitative estimate of drug-likeness (QED) is 0.167. The Balaban J connectivity index is 0.000000208. The predicted octanol–water partition coefficient (Wildman–Crippen LogP) is 7.50. The number of thioether (sulfide) groups is 1. The van der Waals surface area contributed by atoms with Gasteiger partial charge in [0.25, 0.3) is 0 Å². The van der Waals surface area contributed by atoms with Crippen LogP contribution in [0.25, 0.3) is 0 Å². The Kier molecular flexibility index (Phi) is 13.1. The minimum absolute atomic E-state index is 0.0216. The van der Waals surface area contributed by atoms with E-state index in [1.165, 1.54) is 20.4 Å². The van der Waals surface area contributed by atoms with Crippen LogP contribution in [-0.2, 0) is 29.6 Å². The maximum Gasteiger partial charge on any atom is 0.309 e. The van der Waals surface area contributed by atoms with E-state index in [-0.39, 0.29) is 33.5 Å². The van der Waals surface area contributed by atoms with E-state index in [9.17, 15) is 36.6 Å². The largest absolute Gasteiger partial charge is 0.481 e. The molecular weight excluding hydrogens is 745 g/mol. The lowest BCUT2D eigenvalue weighted by Gasteiger charge is -2.41. The van der Waals surface area contributed by atoms with Gasteiger partial charge >= 0.3 is 11.9 Å². The van der Waals surface area contributed by atoms with Gasteiger partial charge in [0, 0.05) is 28.8 Å². The summed E-state index contributed by atoms with van der Waals surface area (Å²) in [4.78, 5) is 25.1. The molecule has 6 rings (SSSR count). The first-order chi connectivity index (χ1) is 25.6. The Labute approximate surface area is 323 Å². The molecule has 2 N–H and O–H groups in total. The fourth-order valence-corrected chi connectivity index (χ4v) is 12.7. The maximum absolute atomic E-state index is 13.4. The van der Waals surface area contributed by atoms with E-state index in [1.807, 2.05) is 88.4 Å². The molecule has 2 aliphatic heterocycles. The van der Waals surface area contributed by atoms with Crippen LogP contribution in [0, 0.1) is 31.6 Å². The number of carboxylic acid groups (broad SMARTS) is 2. The lowest BCUT2D eigenvalue weighted by atomic mass is 9.82. The monoisotopic (exact) mass is 792 g/mol. The molecule has 10 nitrogen and oxygen atoms in total. The Bertz CT molecular complexity index is 2110. The molecule has 0 aliphatic carbocycles. The predicted molar refractivity (Wildman–Crippen MR) is 210 cm³/mol. The molecule has 2 saturated heterocycles. The summed E-state index contributed by atoms with van der Waals surface area (Å²) in [6.07, 6.45) is 1.02. The highest BCUT2D eigenvalue weighted by Crippen LogP contribution is 2.45. The number of carbonyl (C=O) groups is 2. The summed E-state index contributed by atoms with van der Waals surface area (Å²) in [5, 5.41) is 19.1. The van der Waals surface area contributed by atoms with Gasteiger partial charge in [-0.25, -0.2) is 16.8 Å². The van der Waals surface area contributed by atoms with Gasteiger partial charge in [-0.05, 0) is 81.5 Å². The summed E-state index contributed by atoms with van der Waals surface area (Å²) in [6, 6.07) is 31.0. The summed E-state index contributed by atoms with van der Waals surface area (Å²) in [7, 11) is -7.60. The molecule has 13 heteroatoms. The second-order valence-electron chi connectivity index (χ2n) is 14.1. The average Bonchev–Trinajstić information content (AvgIpc) is 3.43. The van der Waals surface area contributed by atoms with E-state index in [4.69, 9.17) is 0 Å². The third-order valence-electron chi connectivity index (χ3n) is 10.4. The third-order valence-corrected chi connectivity index (χ3v) is 15.8. The molecular formula is C41H48N2O8S3. The van der Waals surface area contributed by atoms with Gasteiger partial charge in [-0.15, -0.1) is 11.8 Å². The zero-order chi connectivity index (χ0) is 39.4. The van der Waals surface area contributed by atoms with Crippen molar-refractivity contribution in [3.8, 4) is 0 Å². The van der Waals surface area contributed by atoms with Crippen molar-refractivity contribution in [3.05, 3.63) is 126 Å². The summed E-state index contributed by atoms with van der Waals surface area (Å²) in [5.74, 6) is -3.51. The van der Waals surface area contributed by atoms with Crippen molar-refractivity contribution in [1.29, 1.82) is 0 Å². The van der Waals surface area contributed by atoms with Gasteiger partial charge in [-0.1, -0.05) is 97.8 Å². The zero-order valence-corrected chi connectivity index (χ0v) is 33.5. The number of benzene rings is 4. The highest BCUT2D eigenvalue weighted by Gasteiger charge is 2.54. The number of aliphatic carboxylic acids is 2. The van der Waals surface area contributed by atoms with Gasteiger partial charge in [0.2, 0.25) is 20.0 Å². The second kappa shape index (κ2) is 17.2. The standard InChI is InChI=1S/C21H25NO4S2.C20H23NO4S/c1-4-18-20(27-16-8-6-5-7-9-16)19(21(23)24)15(3)22(18)28(25,26)17-12-10-14(2)11-13-17;1-14-8-10-17(11-9-14)26(24,25)21-13-18(20(22)23)15(2)12-19(21)16-6-4-3-5-7-16/h5-13,15,18-20H,4H2,1-3H3,(H,23,24);3-11,15,18-19H,12-13H2,1-2H3,(H,22,23)/t15-,18+,19-,20+;15-,18-,19+/m10/s1. The number of nitrogens with zero attached hydrogens (tertiary/aromatic N) is 2. The normalized spacial score (nSPS) is 25.0. The van der Waals surface area contributed by atoms with Gasteiger partial charge in [0.05, 0.1) is 27.7 Å². The number of aryl methyl sites for hydroxylation is 2. The number of piperidine rings is 1. The molecule has 0 bridgehead atoms. The van der Waals surface area contributed by atoms with Crippen molar-refractivity contribution in [2.75, 3.05) is 6.54 Å². The molecule has 2 heterocycles. The second-order valence-corrected chi connectivity index (χ2v) is 19.1. The van der Waals surface area contributed by atoms with Crippen LogP contribution in [0.2, 0.25) is 0 Å². The molecule has 7 atom stereocenters. The number of sulfonamides is 2. The smallest absolute Gasteiger partial charge is 0.309 e. The Morgan fingerprint density at radius 3 is 1.70 bits per heavy atom. The first kappa shape index (κ1) is 41.2. The van der Waals surface area contributed by atoms with Gasteiger partial charge < -0.3 is 10.2 Å². The Morgan fingerprint density at radius 1 is 0.722 bits per heavy atom. The van der Waals surface area contributed by atoms with Crippen LogP contribution in [0.5, 0.6) is 0 Å². The van der Waals surface area contributed by atoms with Crippen molar-refractivity contribution >= 4 is 43.7 Å². The molecule has 4 aromatic carbocycles. The van der Waals surface area contributed by atoms with Gasteiger partial charge in [-0.3, -0.25) is 9.59 Å². The highest BCUT2D eigenvalue weighted by molar-refractivity contribution is 8.00. The fourth-order valence-electron chi connectivity index (χ4n) is 7.46. The van der Waals surface area contributed by atoms with Gasteiger partial charge in [0.1, 0.15) is 0 Å². The summed E-state index contributed by atoms with van der Waals surface area (Å²) in [5.41, 5.74) is 2.83. The molecule has 0 spiro atoms. The first-order valence-electron chi connectivity index (χ1n) is 18.0. The van der Waals surface area contributed by atoms with E-state index in [0.717, 1.165) is 21.6 Å². The SMILES string of the molecule is CC[C@H]1[C@H](Sc2ccccc2)[C@H](C(=O)O)[C@@H](C)N1S(=O)(=O)c1ccc(C)cc1.Cc1ccc(S(=O)(=O)N2C[C@H](C(=O)O)[C@@H](C)C[C@@H]2c2ccccc2)cc1. The van der Waals surface area contributed by atoms with Crippen LogP contribution in [0.3, 0.4) is 0 Å². The molecule has 4 aromatic rings. The molecule has 288 valence electrons. The van der Waals surface area contributed by atoms with Crippen LogP contribution in [0.1, 0.15) is 56.3 Å². The zero-order valence-electron chi connectivity index (χ0n) is 31.0. The average molecular weight is 793 g/mol. The highest BCUT2D eigenvalue weighted by atomic mass is 32.2. The van der Waals surface area contributed by atoms with Crippen LogP contribution < -0.4 is 0 Å². The number of carboxylic acids is 2. The van der Waals surface area contributed by atoms with E-state index in [1.54, 1.807) is 55.5 Å². The Hall–Kier alpha value is -4.01. The molecule has 0 unspecified atom stereocenters. The van der Waals surface area contributed by atoms with Crippen LogP contribution >= 0.6 is 11.8 Å². The minimum atomic E-state index is -3.80. The molecule has 0 radical (unpaired) electrons. The summed E-state index contributed by atoms with van der Waals surface area (Å²) < 4.78 is 56.2. The first-order valence-corrected chi connectivity index (χ1v) is 21.7. The van der Waals surface area contributed by atoms with Crippen molar-refractivity contribution in [3.63, 3.8) is 0 Å². The number of hydrogen-bond acceptors (Lipinski definition) is 7. The molecule has 2 aliphatic rings. The molecule has 54 heavy (non-hydrogen) atoms. The lowest BCUT2D eigenvalue weighted by molar-refractivity contribution is -0.145. The summed E-state index contributed by atoms with van der Waals surface area (Å²) in [6.45, 7) is 9.27. The van der Waals surface area contributed by atoms with Crippen molar-refractivity contribution < 1.29 is 36.6 Å². The number of rotatable bonds is 10.